The predicted octanol–water partition coefficient (Wildman–Crippen LogP) is 4.13. The first kappa shape index (κ1) is 16.0. The van der Waals surface area contributed by atoms with Crippen molar-refractivity contribution in [1.29, 1.82) is 0 Å². The number of carbonyl (C=O) groups excluding carboxylic acids is 1. The molecular weight excluding hydrogens is 290 g/mol. The molecule has 18 heavy (non-hydrogen) atoms. The second-order valence-corrected chi connectivity index (χ2v) is 8.84. The summed E-state index contributed by atoms with van der Waals surface area (Å²) >= 11 is 3.66. The van der Waals surface area contributed by atoms with Crippen LogP contribution in [0.3, 0.4) is 0 Å². The van der Waals surface area contributed by atoms with E-state index in [2.05, 4.69) is 55.9 Å². The summed E-state index contributed by atoms with van der Waals surface area (Å²) in [5, 5.41) is 3.12. The van der Waals surface area contributed by atoms with Gasteiger partial charge < -0.3 is 5.32 Å². The van der Waals surface area contributed by atoms with E-state index in [1.165, 1.54) is 12.8 Å². The minimum atomic E-state index is 0.177. The molecule has 1 N–H and O–H groups in total. The second-order valence-electron chi connectivity index (χ2n) is 7.54. The van der Waals surface area contributed by atoms with Gasteiger partial charge in [-0.05, 0) is 30.1 Å². The van der Waals surface area contributed by atoms with Gasteiger partial charge >= 0.3 is 0 Å². The zero-order valence-corrected chi connectivity index (χ0v) is 14.1. The van der Waals surface area contributed by atoms with Gasteiger partial charge in [0.2, 0.25) is 5.91 Å². The largest absolute Gasteiger partial charge is 0.355 e. The Morgan fingerprint density at radius 2 is 2.06 bits per heavy atom. The van der Waals surface area contributed by atoms with Gasteiger partial charge in [-0.1, -0.05) is 57.0 Å². The van der Waals surface area contributed by atoms with E-state index in [9.17, 15) is 4.79 Å². The fraction of sp³-hybridized carbons (Fsp3) is 0.933. The molecule has 0 heterocycles. The third-order valence-electron chi connectivity index (χ3n) is 3.91. The van der Waals surface area contributed by atoms with Crippen LogP contribution >= 0.6 is 15.9 Å². The lowest BCUT2D eigenvalue weighted by Gasteiger charge is -2.27. The van der Waals surface area contributed by atoms with Crippen LogP contribution in [0.25, 0.3) is 0 Å². The van der Waals surface area contributed by atoms with E-state index in [1.54, 1.807) is 0 Å². The third-order valence-corrected chi connectivity index (χ3v) is 4.55. The van der Waals surface area contributed by atoms with E-state index in [1.807, 2.05) is 0 Å². The number of hydrogen-bond acceptors (Lipinski definition) is 1. The lowest BCUT2D eigenvalue weighted by Crippen LogP contribution is -2.39. The Labute approximate surface area is 120 Å². The van der Waals surface area contributed by atoms with Crippen molar-refractivity contribution in [1.82, 2.24) is 5.32 Å². The first-order valence-corrected chi connectivity index (χ1v) is 7.95. The van der Waals surface area contributed by atoms with Crippen molar-refractivity contribution < 1.29 is 4.79 Å². The summed E-state index contributed by atoms with van der Waals surface area (Å²) in [7, 11) is 0. The summed E-state index contributed by atoms with van der Waals surface area (Å²) < 4.78 is 0. The van der Waals surface area contributed by atoms with Crippen molar-refractivity contribution >= 4 is 21.8 Å². The number of carbonyl (C=O) groups is 1. The van der Waals surface area contributed by atoms with Crippen molar-refractivity contribution in [3.63, 3.8) is 0 Å². The molecule has 0 radical (unpaired) electrons. The zero-order valence-electron chi connectivity index (χ0n) is 12.5. The van der Waals surface area contributed by atoms with Crippen molar-refractivity contribution in [2.75, 3.05) is 6.54 Å². The third kappa shape index (κ3) is 4.91. The lowest BCUT2D eigenvalue weighted by atomic mass is 9.81. The molecule has 0 aromatic carbocycles. The molecule has 1 aliphatic carbocycles. The zero-order chi connectivity index (χ0) is 14.0. The molecule has 1 fully saturated rings. The number of hydrogen-bond donors (Lipinski definition) is 1. The molecule has 0 aliphatic heterocycles. The fourth-order valence-electron chi connectivity index (χ4n) is 2.88. The van der Waals surface area contributed by atoms with Gasteiger partial charge in [0.1, 0.15) is 0 Å². The minimum absolute atomic E-state index is 0.177. The molecule has 0 aromatic rings. The Kier molecular flexibility index (Phi) is 5.28. The highest BCUT2D eigenvalue weighted by atomic mass is 79.9. The van der Waals surface area contributed by atoms with E-state index in [0.29, 0.717) is 10.2 Å². The Morgan fingerprint density at radius 1 is 1.44 bits per heavy atom. The SMILES string of the molecule is CC(C)(C)CC(Br)CNC(=O)C1CCCC1(C)C. The Balaban J connectivity index is 2.38. The highest BCUT2D eigenvalue weighted by Gasteiger charge is 2.39. The van der Waals surface area contributed by atoms with Crippen LogP contribution in [-0.2, 0) is 4.79 Å². The van der Waals surface area contributed by atoms with Crippen LogP contribution in [0.2, 0.25) is 0 Å². The summed E-state index contributed by atoms with van der Waals surface area (Å²) in [6.07, 6.45) is 4.47. The van der Waals surface area contributed by atoms with E-state index in [0.717, 1.165) is 19.4 Å². The summed E-state index contributed by atoms with van der Waals surface area (Å²) in [6, 6.07) is 0. The van der Waals surface area contributed by atoms with Crippen molar-refractivity contribution in [2.24, 2.45) is 16.7 Å². The molecule has 106 valence electrons. The molecule has 1 amide bonds. The molecule has 0 spiro atoms. The first-order chi connectivity index (χ1) is 8.12. The normalized spacial score (nSPS) is 24.9. The van der Waals surface area contributed by atoms with E-state index in [4.69, 9.17) is 0 Å². The molecule has 3 heteroatoms. The van der Waals surface area contributed by atoms with Crippen LogP contribution in [0.1, 0.15) is 60.3 Å². The van der Waals surface area contributed by atoms with E-state index in [-0.39, 0.29) is 17.2 Å². The molecule has 1 aliphatic rings. The highest BCUT2D eigenvalue weighted by molar-refractivity contribution is 9.09. The van der Waals surface area contributed by atoms with Gasteiger partial charge in [0.05, 0.1) is 0 Å². The maximum Gasteiger partial charge on any atom is 0.223 e. The molecule has 1 rings (SSSR count). The van der Waals surface area contributed by atoms with Crippen molar-refractivity contribution in [2.45, 2.75) is 65.1 Å². The Bertz CT molecular complexity index is 293. The van der Waals surface area contributed by atoms with E-state index >= 15 is 0 Å². The van der Waals surface area contributed by atoms with Gasteiger partial charge in [0, 0.05) is 17.3 Å². The number of alkyl halides is 1. The van der Waals surface area contributed by atoms with Crippen LogP contribution in [0.15, 0.2) is 0 Å². The van der Waals surface area contributed by atoms with E-state index < -0.39 is 0 Å². The Hall–Kier alpha value is -0.0500. The maximum atomic E-state index is 12.2. The van der Waals surface area contributed by atoms with Gasteiger partial charge in [0.15, 0.2) is 0 Å². The topological polar surface area (TPSA) is 29.1 Å². The van der Waals surface area contributed by atoms with Crippen LogP contribution in [-0.4, -0.2) is 17.3 Å². The van der Waals surface area contributed by atoms with Crippen LogP contribution in [0, 0.1) is 16.7 Å². The monoisotopic (exact) mass is 317 g/mol. The second kappa shape index (κ2) is 5.94. The fourth-order valence-corrected chi connectivity index (χ4v) is 4.02. The summed E-state index contributed by atoms with van der Waals surface area (Å²) in [5.74, 6) is 0.447. The first-order valence-electron chi connectivity index (χ1n) is 7.04. The predicted molar refractivity (Wildman–Crippen MR) is 80.9 cm³/mol. The van der Waals surface area contributed by atoms with Gasteiger partial charge in [0.25, 0.3) is 0 Å². The van der Waals surface area contributed by atoms with Crippen LogP contribution < -0.4 is 5.32 Å². The highest BCUT2D eigenvalue weighted by Crippen LogP contribution is 2.42. The summed E-state index contributed by atoms with van der Waals surface area (Å²) in [5.41, 5.74) is 0.474. The minimum Gasteiger partial charge on any atom is -0.355 e. The van der Waals surface area contributed by atoms with Crippen molar-refractivity contribution in [3.8, 4) is 0 Å². The number of halogens is 1. The van der Waals surface area contributed by atoms with Gasteiger partial charge in [-0.3, -0.25) is 4.79 Å². The smallest absolute Gasteiger partial charge is 0.223 e. The van der Waals surface area contributed by atoms with Crippen LogP contribution in [0.4, 0.5) is 0 Å². The molecule has 0 bridgehead atoms. The molecule has 2 nitrogen and oxygen atoms in total. The quantitative estimate of drug-likeness (QED) is 0.776. The van der Waals surface area contributed by atoms with Gasteiger partial charge in [-0.2, -0.15) is 0 Å². The number of nitrogens with one attached hydrogen (secondary N) is 1. The molecular formula is C15H28BrNO. The molecule has 2 unspecified atom stereocenters. The molecule has 2 atom stereocenters. The van der Waals surface area contributed by atoms with Gasteiger partial charge in [-0.15, -0.1) is 0 Å². The molecule has 1 saturated carbocycles. The van der Waals surface area contributed by atoms with Gasteiger partial charge in [-0.25, -0.2) is 0 Å². The molecule has 0 aromatic heterocycles. The average Bonchev–Trinajstić information content (AvgIpc) is 2.52. The number of amides is 1. The summed E-state index contributed by atoms with van der Waals surface area (Å²) in [4.78, 5) is 12.6. The van der Waals surface area contributed by atoms with Crippen LogP contribution in [0.5, 0.6) is 0 Å². The number of rotatable bonds is 4. The lowest BCUT2D eigenvalue weighted by molar-refractivity contribution is -0.127. The molecule has 0 saturated heterocycles. The van der Waals surface area contributed by atoms with Crippen molar-refractivity contribution in [3.05, 3.63) is 0 Å². The average molecular weight is 318 g/mol. The Morgan fingerprint density at radius 3 is 2.50 bits per heavy atom. The standard InChI is InChI=1S/C15H28BrNO/c1-14(2,3)9-11(16)10-17-13(18)12-7-6-8-15(12,4)5/h11-12H,6-10H2,1-5H3,(H,17,18). The maximum absolute atomic E-state index is 12.2. The summed E-state index contributed by atoms with van der Waals surface area (Å²) in [6.45, 7) is 11.8.